The van der Waals surface area contributed by atoms with Crippen molar-refractivity contribution in [2.75, 3.05) is 0 Å². The van der Waals surface area contributed by atoms with Gasteiger partial charge in [0.2, 0.25) is 0 Å². The summed E-state index contributed by atoms with van der Waals surface area (Å²) in [7, 11) is 0. The van der Waals surface area contributed by atoms with Crippen LogP contribution in [0.25, 0.3) is 0 Å². The molecule has 6 heteroatoms. The quantitative estimate of drug-likeness (QED) is 0.506. The van der Waals surface area contributed by atoms with Crippen LogP contribution in [0.2, 0.25) is 0 Å². The van der Waals surface area contributed by atoms with E-state index in [0.29, 0.717) is 15.8 Å². The Labute approximate surface area is 163 Å². The van der Waals surface area contributed by atoms with Gasteiger partial charge in [-0.2, -0.15) is 0 Å². The van der Waals surface area contributed by atoms with Gasteiger partial charge in [0.15, 0.2) is 11.6 Å². The molecule has 3 aromatic rings. The number of hydrogen-bond acceptors (Lipinski definition) is 3. The Morgan fingerprint density at radius 2 is 1.81 bits per heavy atom. The molecular weight excluding hydrogens is 419 g/mol. The average molecular weight is 433 g/mol. The van der Waals surface area contributed by atoms with Crippen LogP contribution in [0.5, 0.6) is 11.5 Å². The topological polar surface area (TPSA) is 46.5 Å². The summed E-state index contributed by atoms with van der Waals surface area (Å²) in [5.74, 6) is -0.965. The van der Waals surface area contributed by atoms with Gasteiger partial charge in [0.1, 0.15) is 5.75 Å². The van der Waals surface area contributed by atoms with Crippen LogP contribution >= 0.6 is 27.7 Å². The largest absolute Gasteiger partial charge is 0.481 e. The zero-order valence-electron chi connectivity index (χ0n) is 13.5. The molecule has 0 saturated heterocycles. The summed E-state index contributed by atoms with van der Waals surface area (Å²) < 4.78 is 20.7. The van der Waals surface area contributed by atoms with Crippen molar-refractivity contribution < 1.29 is 19.0 Å². The number of halogens is 2. The van der Waals surface area contributed by atoms with E-state index in [1.54, 1.807) is 30.3 Å². The van der Waals surface area contributed by atoms with Crippen LogP contribution in [0.3, 0.4) is 0 Å². The number of carboxylic acid groups (broad SMARTS) is 1. The van der Waals surface area contributed by atoms with Crippen LogP contribution in [0, 0.1) is 5.82 Å². The van der Waals surface area contributed by atoms with Crippen LogP contribution in [0.1, 0.15) is 5.56 Å². The standard InChI is InChI=1S/C20H14BrFO3S/c21-14-8-13(10-20(23)24)9-15(11-14)25-19-7-6-17(12-18(19)22)26-16-4-2-1-3-5-16/h1-9,11-12H,10H2,(H,23,24). The summed E-state index contributed by atoms with van der Waals surface area (Å²) in [4.78, 5) is 12.7. The van der Waals surface area contributed by atoms with Gasteiger partial charge in [-0.15, -0.1) is 0 Å². The summed E-state index contributed by atoms with van der Waals surface area (Å²) in [5, 5.41) is 8.92. The maximum Gasteiger partial charge on any atom is 0.307 e. The number of rotatable bonds is 6. The molecule has 0 fully saturated rings. The SMILES string of the molecule is O=C(O)Cc1cc(Br)cc(Oc2ccc(Sc3ccccc3)cc2F)c1. The molecule has 0 bridgehead atoms. The Kier molecular flexibility index (Phi) is 5.96. The van der Waals surface area contributed by atoms with Crippen LogP contribution in [-0.4, -0.2) is 11.1 Å². The molecule has 0 atom stereocenters. The van der Waals surface area contributed by atoms with Crippen LogP contribution < -0.4 is 4.74 Å². The Morgan fingerprint density at radius 3 is 2.50 bits per heavy atom. The first-order chi connectivity index (χ1) is 12.5. The summed E-state index contributed by atoms with van der Waals surface area (Å²) in [6.45, 7) is 0. The number of ether oxygens (including phenoxy) is 1. The van der Waals surface area contributed by atoms with Gasteiger partial charge in [-0.3, -0.25) is 4.79 Å². The predicted octanol–water partition coefficient (Wildman–Crippen LogP) is 6.16. The minimum Gasteiger partial charge on any atom is -0.481 e. The zero-order valence-corrected chi connectivity index (χ0v) is 15.9. The van der Waals surface area contributed by atoms with E-state index in [0.717, 1.165) is 9.79 Å². The Bertz CT molecular complexity index is 932. The molecule has 0 saturated carbocycles. The molecule has 0 aromatic heterocycles. The van der Waals surface area contributed by atoms with E-state index in [-0.39, 0.29) is 12.2 Å². The third kappa shape index (κ3) is 5.09. The fraction of sp³-hybridized carbons (Fsp3) is 0.0500. The van der Waals surface area contributed by atoms with E-state index in [1.165, 1.54) is 17.8 Å². The fourth-order valence-electron chi connectivity index (χ4n) is 2.34. The van der Waals surface area contributed by atoms with Crippen molar-refractivity contribution in [2.45, 2.75) is 16.2 Å². The molecule has 0 radical (unpaired) electrons. The molecule has 0 heterocycles. The third-order valence-electron chi connectivity index (χ3n) is 3.40. The first-order valence-electron chi connectivity index (χ1n) is 7.71. The van der Waals surface area contributed by atoms with Gasteiger partial charge in [0.05, 0.1) is 6.42 Å². The van der Waals surface area contributed by atoms with Crippen molar-refractivity contribution in [1.29, 1.82) is 0 Å². The fourth-order valence-corrected chi connectivity index (χ4v) is 3.72. The molecule has 26 heavy (non-hydrogen) atoms. The zero-order chi connectivity index (χ0) is 18.5. The molecule has 132 valence electrons. The van der Waals surface area contributed by atoms with Crippen molar-refractivity contribution in [1.82, 2.24) is 0 Å². The minimum atomic E-state index is -0.942. The number of aliphatic carboxylic acids is 1. The highest BCUT2D eigenvalue weighted by Gasteiger charge is 2.10. The second-order valence-corrected chi connectivity index (χ2v) is 7.54. The average Bonchev–Trinajstić information content (AvgIpc) is 2.57. The lowest BCUT2D eigenvalue weighted by Gasteiger charge is -2.10. The summed E-state index contributed by atoms with van der Waals surface area (Å²) in [5.41, 5.74) is 0.568. The summed E-state index contributed by atoms with van der Waals surface area (Å²) >= 11 is 4.77. The minimum absolute atomic E-state index is 0.0850. The van der Waals surface area contributed by atoms with Gasteiger partial charge in [0.25, 0.3) is 0 Å². The first-order valence-corrected chi connectivity index (χ1v) is 9.32. The predicted molar refractivity (Wildman–Crippen MR) is 103 cm³/mol. The van der Waals surface area contributed by atoms with E-state index in [9.17, 15) is 9.18 Å². The molecule has 1 N–H and O–H groups in total. The van der Waals surface area contributed by atoms with Crippen LogP contribution in [-0.2, 0) is 11.2 Å². The number of carboxylic acids is 1. The maximum atomic E-state index is 14.4. The second kappa shape index (κ2) is 8.38. The van der Waals surface area contributed by atoms with Gasteiger partial charge in [-0.25, -0.2) is 4.39 Å². The highest BCUT2D eigenvalue weighted by molar-refractivity contribution is 9.10. The van der Waals surface area contributed by atoms with Gasteiger partial charge < -0.3 is 9.84 Å². The molecule has 0 unspecified atom stereocenters. The first kappa shape index (κ1) is 18.5. The molecule has 3 rings (SSSR count). The van der Waals surface area contributed by atoms with E-state index < -0.39 is 11.8 Å². The van der Waals surface area contributed by atoms with Gasteiger partial charge in [-0.05, 0) is 54.1 Å². The Morgan fingerprint density at radius 1 is 1.04 bits per heavy atom. The number of carbonyl (C=O) groups is 1. The summed E-state index contributed by atoms with van der Waals surface area (Å²) in [6, 6.07) is 19.4. The summed E-state index contributed by atoms with van der Waals surface area (Å²) in [6.07, 6.45) is -0.134. The van der Waals surface area contributed by atoms with Gasteiger partial charge in [-0.1, -0.05) is 45.9 Å². The normalized spacial score (nSPS) is 10.5. The van der Waals surface area contributed by atoms with E-state index in [2.05, 4.69) is 15.9 Å². The lowest BCUT2D eigenvalue weighted by atomic mass is 10.1. The molecular formula is C20H14BrFO3S. The van der Waals surface area contributed by atoms with Crippen molar-refractivity contribution in [2.24, 2.45) is 0 Å². The van der Waals surface area contributed by atoms with Gasteiger partial charge in [0, 0.05) is 14.3 Å². The van der Waals surface area contributed by atoms with Crippen LogP contribution in [0.4, 0.5) is 4.39 Å². The maximum absolute atomic E-state index is 14.4. The van der Waals surface area contributed by atoms with E-state index in [1.807, 2.05) is 30.3 Å². The number of hydrogen-bond donors (Lipinski definition) is 1. The molecule has 0 spiro atoms. The molecule has 0 aliphatic carbocycles. The number of benzene rings is 3. The molecule has 3 aromatic carbocycles. The lowest BCUT2D eigenvalue weighted by Crippen LogP contribution is -2.00. The monoisotopic (exact) mass is 432 g/mol. The molecule has 0 aliphatic heterocycles. The highest BCUT2D eigenvalue weighted by Crippen LogP contribution is 2.33. The van der Waals surface area contributed by atoms with Crippen molar-refractivity contribution >= 4 is 33.7 Å². The smallest absolute Gasteiger partial charge is 0.307 e. The highest BCUT2D eigenvalue weighted by atomic mass is 79.9. The van der Waals surface area contributed by atoms with Crippen LogP contribution in [0.15, 0.2) is 81.0 Å². The third-order valence-corrected chi connectivity index (χ3v) is 4.85. The second-order valence-electron chi connectivity index (χ2n) is 5.48. The van der Waals surface area contributed by atoms with Crippen molar-refractivity contribution in [3.8, 4) is 11.5 Å². The molecule has 0 amide bonds. The Hall–Kier alpha value is -2.31. The lowest BCUT2D eigenvalue weighted by molar-refractivity contribution is -0.136. The van der Waals surface area contributed by atoms with E-state index in [4.69, 9.17) is 9.84 Å². The van der Waals surface area contributed by atoms with E-state index >= 15 is 0 Å². The van der Waals surface area contributed by atoms with Crippen molar-refractivity contribution in [3.05, 3.63) is 82.6 Å². The molecule has 0 aliphatic rings. The Balaban J connectivity index is 1.78. The molecule has 3 nitrogen and oxygen atoms in total. The van der Waals surface area contributed by atoms with Crippen molar-refractivity contribution in [3.63, 3.8) is 0 Å². The van der Waals surface area contributed by atoms with Gasteiger partial charge >= 0.3 is 5.97 Å².